The predicted molar refractivity (Wildman–Crippen MR) is 36.7 cm³/mol. The molecule has 58 valence electrons. The quantitative estimate of drug-likeness (QED) is 0.132. The molecule has 1 atom stereocenters. The average molecular weight is 146 g/mol. The van der Waals surface area contributed by atoms with Crippen molar-refractivity contribution in [1.82, 2.24) is 0 Å². The molecular formula is C4H10N4O2. The zero-order chi connectivity index (χ0) is 8.15. The van der Waals surface area contributed by atoms with Crippen molar-refractivity contribution in [3.05, 3.63) is 12.0 Å². The molecule has 1 unspecified atom stereocenters. The molecule has 10 heavy (non-hydrogen) atoms. The van der Waals surface area contributed by atoms with E-state index in [1.807, 2.05) is 0 Å². The molecule has 0 aliphatic rings. The molecule has 0 radical (unpaired) electrons. The van der Waals surface area contributed by atoms with Gasteiger partial charge in [0, 0.05) is 0 Å². The van der Waals surface area contributed by atoms with Crippen LogP contribution in [0.25, 0.3) is 0 Å². The van der Waals surface area contributed by atoms with Gasteiger partial charge >= 0.3 is 0 Å². The van der Waals surface area contributed by atoms with Crippen LogP contribution in [0.2, 0.25) is 0 Å². The summed E-state index contributed by atoms with van der Waals surface area (Å²) in [5, 5.41) is 16.7. The maximum Gasteiger partial charge on any atom is 0.201 e. The molecule has 0 bridgehead atoms. The molecule has 0 aromatic heterocycles. The first-order valence-corrected chi connectivity index (χ1v) is 2.45. The second-order valence-electron chi connectivity index (χ2n) is 1.51. The topological polar surface area (TPSA) is 131 Å². The van der Waals surface area contributed by atoms with Crippen molar-refractivity contribution in [3.63, 3.8) is 0 Å². The summed E-state index contributed by atoms with van der Waals surface area (Å²) in [6, 6.07) is 0. The normalized spacial score (nSPS) is 17.0. The molecule has 0 fully saturated rings. The van der Waals surface area contributed by atoms with E-state index in [2.05, 4.69) is 4.99 Å². The highest BCUT2D eigenvalue weighted by Crippen LogP contribution is 1.82. The fraction of sp³-hybridized carbons (Fsp3) is 0.250. The molecule has 0 spiro atoms. The van der Waals surface area contributed by atoms with Crippen LogP contribution in [0.1, 0.15) is 0 Å². The summed E-state index contributed by atoms with van der Waals surface area (Å²) < 4.78 is 0. The first kappa shape index (κ1) is 8.73. The van der Waals surface area contributed by atoms with Crippen LogP contribution in [-0.4, -0.2) is 22.4 Å². The van der Waals surface area contributed by atoms with E-state index in [0.29, 0.717) is 6.26 Å². The van der Waals surface area contributed by atoms with E-state index in [-0.39, 0.29) is 11.5 Å². The average Bonchev–Trinajstić information content (AvgIpc) is 1.85. The van der Waals surface area contributed by atoms with Crippen molar-refractivity contribution < 1.29 is 10.2 Å². The van der Waals surface area contributed by atoms with Gasteiger partial charge in [0.2, 0.25) is 6.35 Å². The van der Waals surface area contributed by atoms with Crippen molar-refractivity contribution >= 4 is 5.84 Å². The molecule has 0 aromatic carbocycles. The molecule has 8 N–H and O–H groups in total. The summed E-state index contributed by atoms with van der Waals surface area (Å²) in [7, 11) is 0. The first-order valence-electron chi connectivity index (χ1n) is 2.45. The van der Waals surface area contributed by atoms with E-state index < -0.39 is 6.35 Å². The van der Waals surface area contributed by atoms with Crippen LogP contribution in [0.5, 0.6) is 0 Å². The fourth-order valence-electron chi connectivity index (χ4n) is 0.283. The molecule has 0 aromatic rings. The zero-order valence-electron chi connectivity index (χ0n) is 5.23. The Labute approximate surface area is 57.6 Å². The molecule has 0 saturated heterocycles. The number of hydrogen-bond donors (Lipinski definition) is 5. The lowest BCUT2D eigenvalue weighted by Crippen LogP contribution is -2.26. The van der Waals surface area contributed by atoms with Gasteiger partial charge in [-0.1, -0.05) is 0 Å². The highest BCUT2D eigenvalue weighted by Gasteiger charge is 1.97. The molecule has 0 rings (SSSR count). The Kier molecular flexibility index (Phi) is 3.23. The molecule has 0 aliphatic carbocycles. The molecule has 0 saturated carbocycles. The SMILES string of the molecule is NC(=CO)C(N)=NC(N)O. The number of aliphatic imine (C=N–C) groups is 1. The maximum absolute atomic E-state index is 8.41. The molecule has 0 aliphatic heterocycles. The Morgan fingerprint density at radius 2 is 2.00 bits per heavy atom. The van der Waals surface area contributed by atoms with Crippen molar-refractivity contribution in [3.8, 4) is 0 Å². The molecule has 6 nitrogen and oxygen atoms in total. The predicted octanol–water partition coefficient (Wildman–Crippen LogP) is -2.06. The van der Waals surface area contributed by atoms with Crippen molar-refractivity contribution in [2.45, 2.75) is 6.35 Å². The van der Waals surface area contributed by atoms with Crippen LogP contribution in [0, 0.1) is 0 Å². The maximum atomic E-state index is 8.41. The smallest absolute Gasteiger partial charge is 0.201 e. The lowest BCUT2D eigenvalue weighted by atomic mass is 10.5. The van der Waals surface area contributed by atoms with Gasteiger partial charge in [-0.25, -0.2) is 4.99 Å². The minimum atomic E-state index is -1.40. The van der Waals surface area contributed by atoms with Crippen LogP contribution in [0.4, 0.5) is 0 Å². The van der Waals surface area contributed by atoms with E-state index >= 15 is 0 Å². The number of amidine groups is 1. The third-order valence-electron chi connectivity index (χ3n) is 0.706. The third kappa shape index (κ3) is 2.90. The highest BCUT2D eigenvalue weighted by atomic mass is 16.3. The number of nitrogens with two attached hydrogens (primary N) is 3. The van der Waals surface area contributed by atoms with Gasteiger partial charge in [0.1, 0.15) is 17.8 Å². The molecule has 0 amide bonds. The van der Waals surface area contributed by atoms with E-state index in [4.69, 9.17) is 27.4 Å². The van der Waals surface area contributed by atoms with Gasteiger partial charge in [-0.3, -0.25) is 5.73 Å². The van der Waals surface area contributed by atoms with E-state index in [0.717, 1.165) is 0 Å². The van der Waals surface area contributed by atoms with Gasteiger partial charge in [0.05, 0.1) is 0 Å². The monoisotopic (exact) mass is 146 g/mol. The summed E-state index contributed by atoms with van der Waals surface area (Å²) in [6.07, 6.45) is -0.834. The molecular weight excluding hydrogens is 136 g/mol. The van der Waals surface area contributed by atoms with E-state index in [1.54, 1.807) is 0 Å². The van der Waals surface area contributed by atoms with Gasteiger partial charge < -0.3 is 21.7 Å². The number of nitrogens with zero attached hydrogens (tertiary/aromatic N) is 1. The summed E-state index contributed by atoms with van der Waals surface area (Å²) in [5.74, 6) is -0.197. The second kappa shape index (κ2) is 3.70. The number of aliphatic hydroxyl groups excluding tert-OH is 2. The minimum Gasteiger partial charge on any atom is -0.513 e. The number of aliphatic hydroxyl groups is 2. The van der Waals surface area contributed by atoms with Gasteiger partial charge in [-0.2, -0.15) is 0 Å². The Morgan fingerprint density at radius 3 is 2.30 bits per heavy atom. The Morgan fingerprint density at radius 1 is 1.50 bits per heavy atom. The third-order valence-corrected chi connectivity index (χ3v) is 0.706. The standard InChI is InChI=1S/C4H10N4O2/c5-2(1-9)3(6)8-4(7)10/h1,4,9-10H,5,7H2,(H2,6,8). The van der Waals surface area contributed by atoms with Crippen LogP contribution >= 0.6 is 0 Å². The van der Waals surface area contributed by atoms with Gasteiger partial charge in [0.15, 0.2) is 0 Å². The Balaban J connectivity index is 4.20. The van der Waals surface area contributed by atoms with E-state index in [1.165, 1.54) is 0 Å². The summed E-state index contributed by atoms with van der Waals surface area (Å²) in [6.45, 7) is 0. The lowest BCUT2D eigenvalue weighted by molar-refractivity contribution is 0.193. The second-order valence-corrected chi connectivity index (χ2v) is 1.51. The van der Waals surface area contributed by atoms with Crippen molar-refractivity contribution in [1.29, 1.82) is 0 Å². The summed E-state index contributed by atoms with van der Waals surface area (Å²) in [4.78, 5) is 3.22. The van der Waals surface area contributed by atoms with Gasteiger partial charge in [0.25, 0.3) is 0 Å². The van der Waals surface area contributed by atoms with Gasteiger partial charge in [-0.05, 0) is 0 Å². The van der Waals surface area contributed by atoms with Crippen LogP contribution < -0.4 is 17.2 Å². The van der Waals surface area contributed by atoms with Crippen molar-refractivity contribution in [2.75, 3.05) is 0 Å². The zero-order valence-corrected chi connectivity index (χ0v) is 5.23. The fourth-order valence-corrected chi connectivity index (χ4v) is 0.283. The van der Waals surface area contributed by atoms with Crippen molar-refractivity contribution in [2.24, 2.45) is 22.2 Å². The summed E-state index contributed by atoms with van der Waals surface area (Å²) >= 11 is 0. The van der Waals surface area contributed by atoms with Crippen LogP contribution in [0.15, 0.2) is 17.0 Å². The minimum absolute atomic E-state index is 0.135. The lowest BCUT2D eigenvalue weighted by Gasteiger charge is -2.00. The summed E-state index contributed by atoms with van der Waals surface area (Å²) in [5.41, 5.74) is 14.8. The molecule has 6 heteroatoms. The van der Waals surface area contributed by atoms with Gasteiger partial charge in [-0.15, -0.1) is 0 Å². The number of rotatable bonds is 2. The Bertz CT molecular complexity index is 163. The van der Waals surface area contributed by atoms with Crippen LogP contribution in [-0.2, 0) is 0 Å². The molecule has 0 heterocycles. The van der Waals surface area contributed by atoms with E-state index in [9.17, 15) is 0 Å². The largest absolute Gasteiger partial charge is 0.513 e. The van der Waals surface area contributed by atoms with Crippen LogP contribution in [0.3, 0.4) is 0 Å². The first-order chi connectivity index (χ1) is 4.57. The Hall–Kier alpha value is -1.27. The number of hydrogen-bond acceptors (Lipinski definition) is 5. The highest BCUT2D eigenvalue weighted by molar-refractivity contribution is 5.95.